The molecule has 1 aliphatic carbocycles. The molecule has 32 heavy (non-hydrogen) atoms. The highest BCUT2D eigenvalue weighted by Gasteiger charge is 2.50. The first-order valence-corrected chi connectivity index (χ1v) is 11.1. The highest BCUT2D eigenvalue weighted by atomic mass is 16.5. The summed E-state index contributed by atoms with van der Waals surface area (Å²) in [5, 5.41) is 3.15. The molecule has 0 saturated heterocycles. The molecule has 0 radical (unpaired) electrons. The van der Waals surface area contributed by atoms with E-state index < -0.39 is 17.4 Å². The first kappa shape index (κ1) is 22.0. The Morgan fingerprint density at radius 2 is 1.84 bits per heavy atom. The minimum atomic E-state index is -1.18. The second-order valence-electron chi connectivity index (χ2n) is 9.18. The molecule has 1 aromatic carbocycles. The number of nitrogens with one attached hydrogen (secondary N) is 1. The smallest absolute Gasteiger partial charge is 0.359 e. The van der Waals surface area contributed by atoms with Crippen molar-refractivity contribution < 1.29 is 19.1 Å². The Labute approximate surface area is 187 Å². The summed E-state index contributed by atoms with van der Waals surface area (Å²) in [7, 11) is 1.25. The molecule has 2 aliphatic rings. The van der Waals surface area contributed by atoms with Crippen LogP contribution in [0.2, 0.25) is 0 Å². The maximum absolute atomic E-state index is 13.8. The van der Waals surface area contributed by atoms with Crippen molar-refractivity contribution in [1.29, 1.82) is 0 Å². The van der Waals surface area contributed by atoms with E-state index in [2.05, 4.69) is 24.1 Å². The number of nitrogens with zero attached hydrogens (tertiary/aromatic N) is 3. The number of aromatic nitrogens is 2. The van der Waals surface area contributed by atoms with E-state index in [1.807, 2.05) is 24.3 Å². The normalized spacial score (nSPS) is 21.0. The van der Waals surface area contributed by atoms with Gasteiger partial charge in [-0.05, 0) is 43.4 Å². The minimum Gasteiger partial charge on any atom is -0.464 e. The Morgan fingerprint density at radius 1 is 1.19 bits per heavy atom. The summed E-state index contributed by atoms with van der Waals surface area (Å²) in [6.07, 6.45) is 5.51. The zero-order chi connectivity index (χ0) is 23.0. The fourth-order valence-electron chi connectivity index (χ4n) is 4.70. The van der Waals surface area contributed by atoms with Crippen LogP contribution in [0, 0.1) is 0 Å². The van der Waals surface area contributed by atoms with Gasteiger partial charge in [-0.1, -0.05) is 38.8 Å². The molecule has 0 unspecified atom stereocenters. The number of amides is 2. The molecule has 1 saturated carbocycles. The van der Waals surface area contributed by atoms with Crippen LogP contribution in [0.3, 0.4) is 0 Å². The van der Waals surface area contributed by atoms with Gasteiger partial charge >= 0.3 is 5.97 Å². The van der Waals surface area contributed by atoms with E-state index in [4.69, 9.17) is 4.74 Å². The number of methoxy groups -OCH3 is 1. The lowest BCUT2D eigenvalue weighted by Crippen LogP contribution is -2.65. The average Bonchev–Trinajstić information content (AvgIpc) is 3.43. The van der Waals surface area contributed by atoms with Crippen molar-refractivity contribution in [1.82, 2.24) is 14.9 Å². The first-order valence-electron chi connectivity index (χ1n) is 11.1. The van der Waals surface area contributed by atoms with Crippen LogP contribution in [0.1, 0.15) is 78.9 Å². The fourth-order valence-corrected chi connectivity index (χ4v) is 4.70. The molecule has 2 heterocycles. The number of anilines is 1. The van der Waals surface area contributed by atoms with Crippen LogP contribution in [0.25, 0.3) is 0 Å². The molecule has 1 aliphatic heterocycles. The van der Waals surface area contributed by atoms with Crippen LogP contribution in [0.4, 0.5) is 5.69 Å². The minimum absolute atomic E-state index is 0.0421. The van der Waals surface area contributed by atoms with Gasteiger partial charge in [0.2, 0.25) is 5.91 Å². The molecule has 1 fully saturated rings. The molecule has 1 atom stereocenters. The van der Waals surface area contributed by atoms with E-state index in [9.17, 15) is 14.4 Å². The number of benzene rings is 1. The molecule has 8 nitrogen and oxygen atoms in total. The number of esters is 1. The predicted molar refractivity (Wildman–Crippen MR) is 120 cm³/mol. The molecule has 8 heteroatoms. The molecule has 0 bridgehead atoms. The van der Waals surface area contributed by atoms with E-state index >= 15 is 0 Å². The van der Waals surface area contributed by atoms with Gasteiger partial charge < -0.3 is 14.6 Å². The summed E-state index contributed by atoms with van der Waals surface area (Å²) in [5.74, 6) is -0.994. The van der Waals surface area contributed by atoms with Crippen LogP contribution in [0.15, 0.2) is 30.6 Å². The molecule has 2 amide bonds. The summed E-state index contributed by atoms with van der Waals surface area (Å²) in [4.78, 5) is 45.2. The lowest BCUT2D eigenvalue weighted by Gasteiger charge is -2.44. The maximum atomic E-state index is 13.8. The third-order valence-electron chi connectivity index (χ3n) is 6.59. The van der Waals surface area contributed by atoms with Crippen molar-refractivity contribution in [3.63, 3.8) is 0 Å². The maximum Gasteiger partial charge on any atom is 0.359 e. The van der Waals surface area contributed by atoms with Crippen LogP contribution in [-0.4, -0.2) is 46.0 Å². The van der Waals surface area contributed by atoms with Gasteiger partial charge in [0.25, 0.3) is 5.91 Å². The van der Waals surface area contributed by atoms with E-state index in [1.54, 1.807) is 11.5 Å². The van der Waals surface area contributed by atoms with Gasteiger partial charge in [-0.2, -0.15) is 0 Å². The molecule has 1 aromatic heterocycles. The van der Waals surface area contributed by atoms with E-state index in [0.717, 1.165) is 31.2 Å². The van der Waals surface area contributed by atoms with Crippen molar-refractivity contribution in [3.8, 4) is 0 Å². The number of fused-ring (bicyclic) bond motifs is 1. The van der Waals surface area contributed by atoms with E-state index in [0.29, 0.717) is 11.6 Å². The van der Waals surface area contributed by atoms with Crippen LogP contribution in [-0.2, 0) is 16.1 Å². The third kappa shape index (κ3) is 3.67. The summed E-state index contributed by atoms with van der Waals surface area (Å²) < 4.78 is 6.40. The van der Waals surface area contributed by atoms with Crippen LogP contribution < -0.4 is 10.2 Å². The van der Waals surface area contributed by atoms with Gasteiger partial charge in [0.15, 0.2) is 5.69 Å². The number of rotatable bonds is 5. The number of ether oxygens (including phenoxy) is 1. The van der Waals surface area contributed by atoms with Crippen molar-refractivity contribution in [2.24, 2.45) is 0 Å². The van der Waals surface area contributed by atoms with Crippen LogP contribution in [0.5, 0.6) is 0 Å². The van der Waals surface area contributed by atoms with Crippen molar-refractivity contribution in [2.75, 3.05) is 12.0 Å². The Kier molecular flexibility index (Phi) is 5.79. The van der Waals surface area contributed by atoms with Gasteiger partial charge in [0.05, 0.1) is 20.0 Å². The number of hydrogen-bond donors (Lipinski definition) is 1. The lowest BCUT2D eigenvalue weighted by molar-refractivity contribution is -0.127. The molecule has 2 aromatic rings. The SMILES string of the molecule is COC(=O)c1ncn2c1C(=O)N(c1ccc(C(C)C)cc1)[C@](C)(C(=O)NC1CCCC1)C2. The van der Waals surface area contributed by atoms with E-state index in [1.165, 1.54) is 18.3 Å². The Hall–Kier alpha value is -3.16. The van der Waals surface area contributed by atoms with Crippen LogP contribution >= 0.6 is 0 Å². The Bertz CT molecular complexity index is 1040. The average molecular weight is 439 g/mol. The second kappa shape index (κ2) is 8.41. The number of imidazole rings is 1. The highest BCUT2D eigenvalue weighted by Crippen LogP contribution is 2.35. The van der Waals surface area contributed by atoms with Gasteiger partial charge in [-0.15, -0.1) is 0 Å². The quantitative estimate of drug-likeness (QED) is 0.723. The number of hydrogen-bond acceptors (Lipinski definition) is 5. The summed E-state index contributed by atoms with van der Waals surface area (Å²) in [6.45, 7) is 6.15. The Balaban J connectivity index is 1.79. The predicted octanol–water partition coefficient (Wildman–Crippen LogP) is 3.27. The molecule has 4 rings (SSSR count). The molecule has 0 spiro atoms. The zero-order valence-electron chi connectivity index (χ0n) is 19.1. The van der Waals surface area contributed by atoms with E-state index in [-0.39, 0.29) is 29.9 Å². The lowest BCUT2D eigenvalue weighted by atomic mass is 9.92. The standard InChI is InChI=1S/C24H30N4O4/c1-15(2)16-9-11-18(12-10-16)28-21(29)20-19(22(30)32-4)25-14-27(20)13-24(28,3)23(31)26-17-7-5-6-8-17/h9-12,14-15,17H,5-8,13H2,1-4H3,(H,26,31)/t24-/m0/s1. The first-order chi connectivity index (χ1) is 15.3. The van der Waals surface area contributed by atoms with Crippen molar-refractivity contribution in [3.05, 3.63) is 47.5 Å². The molecule has 1 N–H and O–H groups in total. The third-order valence-corrected chi connectivity index (χ3v) is 6.59. The largest absolute Gasteiger partial charge is 0.464 e. The highest BCUT2D eigenvalue weighted by molar-refractivity contribution is 6.15. The zero-order valence-corrected chi connectivity index (χ0v) is 19.1. The van der Waals surface area contributed by atoms with Crippen molar-refractivity contribution in [2.45, 2.75) is 70.5 Å². The van der Waals surface area contributed by atoms with Gasteiger partial charge in [-0.25, -0.2) is 9.78 Å². The van der Waals surface area contributed by atoms with Gasteiger partial charge in [0.1, 0.15) is 11.2 Å². The summed E-state index contributed by atoms with van der Waals surface area (Å²) >= 11 is 0. The molecular weight excluding hydrogens is 408 g/mol. The topological polar surface area (TPSA) is 93.5 Å². The summed E-state index contributed by atoms with van der Waals surface area (Å²) in [6, 6.07) is 7.77. The number of carbonyl (C=O) groups excluding carboxylic acids is 3. The number of carbonyl (C=O) groups is 3. The summed E-state index contributed by atoms with van der Waals surface area (Å²) in [5.41, 5.74) is 0.651. The fraction of sp³-hybridized carbons (Fsp3) is 0.500. The molecule has 170 valence electrons. The van der Waals surface area contributed by atoms with Gasteiger partial charge in [0, 0.05) is 11.7 Å². The Morgan fingerprint density at radius 3 is 2.44 bits per heavy atom. The monoisotopic (exact) mass is 438 g/mol. The van der Waals surface area contributed by atoms with Gasteiger partial charge in [-0.3, -0.25) is 14.5 Å². The molecular formula is C24H30N4O4. The second-order valence-corrected chi connectivity index (χ2v) is 9.18. The van der Waals surface area contributed by atoms with Crippen molar-refractivity contribution >= 4 is 23.5 Å².